The highest BCUT2D eigenvalue weighted by Gasteiger charge is 2.34. The maximum absolute atomic E-state index is 12.9. The third-order valence-electron chi connectivity index (χ3n) is 2.87. The van der Waals surface area contributed by atoms with Crippen LogP contribution in [0.25, 0.3) is 11.1 Å². The Hall–Kier alpha value is -1.82. The Labute approximate surface area is 131 Å². The zero-order chi connectivity index (χ0) is 15.8. The van der Waals surface area contributed by atoms with Gasteiger partial charge in [0.15, 0.2) is 0 Å². The summed E-state index contributed by atoms with van der Waals surface area (Å²) < 4.78 is 38.8. The van der Waals surface area contributed by atoms with Crippen molar-refractivity contribution in [2.24, 2.45) is 0 Å². The van der Waals surface area contributed by atoms with Gasteiger partial charge in [-0.3, -0.25) is 4.79 Å². The average Bonchev–Trinajstić information content (AvgIpc) is 2.36. The van der Waals surface area contributed by atoms with Crippen LogP contribution in [-0.4, -0.2) is 4.98 Å². The van der Waals surface area contributed by atoms with Gasteiger partial charge in [0.25, 0.3) is 5.56 Å². The van der Waals surface area contributed by atoms with Crippen LogP contribution in [0.15, 0.2) is 29.1 Å². The lowest BCUT2D eigenvalue weighted by atomic mass is 9.99. The zero-order valence-electron chi connectivity index (χ0n) is 10.7. The predicted octanol–water partition coefficient (Wildman–Crippen LogP) is 3.85. The monoisotopic (exact) mass is 404 g/mol. The van der Waals surface area contributed by atoms with Gasteiger partial charge in [-0.05, 0) is 47.2 Å². The van der Waals surface area contributed by atoms with Crippen LogP contribution in [0.2, 0.25) is 0 Å². The van der Waals surface area contributed by atoms with Crippen molar-refractivity contribution in [2.45, 2.75) is 13.1 Å². The van der Waals surface area contributed by atoms with Gasteiger partial charge in [-0.15, -0.1) is 0 Å². The van der Waals surface area contributed by atoms with Gasteiger partial charge < -0.3 is 4.98 Å². The third kappa shape index (κ3) is 2.95. The third-order valence-corrected chi connectivity index (χ3v) is 4.04. The van der Waals surface area contributed by atoms with E-state index < -0.39 is 17.3 Å². The van der Waals surface area contributed by atoms with Crippen LogP contribution in [0.3, 0.4) is 0 Å². The molecule has 1 N–H and O–H groups in total. The second-order valence-corrected chi connectivity index (χ2v) is 5.43. The Morgan fingerprint density at radius 2 is 1.95 bits per heavy atom. The number of H-pyrrole nitrogens is 1. The molecule has 21 heavy (non-hydrogen) atoms. The Morgan fingerprint density at radius 3 is 2.52 bits per heavy atom. The average molecular weight is 404 g/mol. The lowest BCUT2D eigenvalue weighted by Crippen LogP contribution is -2.14. The number of alkyl halides is 3. The highest BCUT2D eigenvalue weighted by Crippen LogP contribution is 2.37. The molecule has 0 aliphatic carbocycles. The number of hydrogen-bond acceptors (Lipinski definition) is 2. The molecule has 0 spiro atoms. The Bertz CT molecular complexity index is 803. The summed E-state index contributed by atoms with van der Waals surface area (Å²) in [5.74, 6) is 0. The van der Waals surface area contributed by atoms with Gasteiger partial charge in [-0.2, -0.15) is 18.4 Å². The zero-order valence-corrected chi connectivity index (χ0v) is 12.8. The Balaban J connectivity index is 2.81. The van der Waals surface area contributed by atoms with E-state index in [2.05, 4.69) is 4.98 Å². The number of rotatable bonds is 1. The second kappa shape index (κ2) is 5.52. The molecular formula is C14H8F3IN2O. The summed E-state index contributed by atoms with van der Waals surface area (Å²) in [6.07, 6.45) is -4.49. The van der Waals surface area contributed by atoms with E-state index in [-0.39, 0.29) is 20.3 Å². The maximum Gasteiger partial charge on any atom is 0.417 e. The van der Waals surface area contributed by atoms with E-state index in [9.17, 15) is 18.0 Å². The number of nitriles is 1. The van der Waals surface area contributed by atoms with Crippen molar-refractivity contribution in [3.05, 3.63) is 55.0 Å². The highest BCUT2D eigenvalue weighted by molar-refractivity contribution is 14.1. The molecule has 0 fully saturated rings. The summed E-state index contributed by atoms with van der Waals surface area (Å²) in [6.45, 7) is 1.60. The van der Waals surface area contributed by atoms with Crippen LogP contribution in [0, 0.1) is 21.8 Å². The Morgan fingerprint density at radius 1 is 1.29 bits per heavy atom. The summed E-state index contributed by atoms with van der Waals surface area (Å²) in [5.41, 5.74) is -0.700. The normalized spacial score (nSPS) is 11.2. The van der Waals surface area contributed by atoms with Gasteiger partial charge in [0.05, 0.1) is 5.56 Å². The number of nitrogens with one attached hydrogen (secondary N) is 1. The molecule has 0 saturated carbocycles. The second-order valence-electron chi connectivity index (χ2n) is 4.35. The SMILES string of the molecule is Cc1cc(-c2cccc(C(F)(F)F)c2I)c(C#N)c(=O)[nH]1. The van der Waals surface area contributed by atoms with Gasteiger partial charge in [0, 0.05) is 14.8 Å². The number of hydrogen-bond donors (Lipinski definition) is 1. The molecule has 7 heteroatoms. The summed E-state index contributed by atoms with van der Waals surface area (Å²) in [6, 6.07) is 6.94. The number of pyridine rings is 1. The van der Waals surface area contributed by atoms with E-state index >= 15 is 0 Å². The molecule has 0 saturated heterocycles. The molecule has 1 aromatic heterocycles. The first kappa shape index (κ1) is 15.6. The van der Waals surface area contributed by atoms with E-state index in [1.54, 1.807) is 35.6 Å². The van der Waals surface area contributed by atoms with Crippen LogP contribution < -0.4 is 5.56 Å². The van der Waals surface area contributed by atoms with E-state index in [1.165, 1.54) is 18.2 Å². The van der Waals surface area contributed by atoms with Gasteiger partial charge in [-0.1, -0.05) is 12.1 Å². The summed E-state index contributed by atoms with van der Waals surface area (Å²) >= 11 is 1.58. The molecule has 0 bridgehead atoms. The van der Waals surface area contributed by atoms with E-state index in [1.807, 2.05) is 0 Å². The number of aryl methyl sites for hydroxylation is 1. The van der Waals surface area contributed by atoms with Crippen molar-refractivity contribution in [2.75, 3.05) is 0 Å². The van der Waals surface area contributed by atoms with Gasteiger partial charge in [0.2, 0.25) is 0 Å². The van der Waals surface area contributed by atoms with Crippen molar-refractivity contribution in [1.82, 2.24) is 4.98 Å². The van der Waals surface area contributed by atoms with E-state index in [4.69, 9.17) is 5.26 Å². The maximum atomic E-state index is 12.9. The van der Waals surface area contributed by atoms with Crippen LogP contribution >= 0.6 is 22.6 Å². The Kier molecular flexibility index (Phi) is 4.09. The van der Waals surface area contributed by atoms with Crippen molar-refractivity contribution in [1.29, 1.82) is 5.26 Å². The fourth-order valence-electron chi connectivity index (χ4n) is 1.97. The van der Waals surface area contributed by atoms with Gasteiger partial charge in [0.1, 0.15) is 11.6 Å². The molecular weight excluding hydrogens is 396 g/mol. The minimum atomic E-state index is -4.49. The summed E-state index contributed by atoms with van der Waals surface area (Å²) in [7, 11) is 0. The van der Waals surface area contributed by atoms with Crippen LogP contribution in [0.1, 0.15) is 16.8 Å². The number of aromatic nitrogens is 1. The van der Waals surface area contributed by atoms with Gasteiger partial charge in [-0.25, -0.2) is 0 Å². The minimum Gasteiger partial charge on any atom is -0.325 e. The largest absolute Gasteiger partial charge is 0.417 e. The lowest BCUT2D eigenvalue weighted by Gasteiger charge is -2.13. The minimum absolute atomic E-state index is 0.0379. The highest BCUT2D eigenvalue weighted by atomic mass is 127. The lowest BCUT2D eigenvalue weighted by molar-refractivity contribution is -0.138. The molecule has 2 aromatic rings. The first-order chi connectivity index (χ1) is 9.75. The van der Waals surface area contributed by atoms with Crippen LogP contribution in [0.5, 0.6) is 0 Å². The topological polar surface area (TPSA) is 56.6 Å². The van der Waals surface area contributed by atoms with E-state index in [0.29, 0.717) is 5.69 Å². The number of benzene rings is 1. The fourth-order valence-corrected chi connectivity index (χ4v) is 2.93. The molecule has 3 nitrogen and oxygen atoms in total. The number of aromatic amines is 1. The summed E-state index contributed by atoms with van der Waals surface area (Å²) in [5, 5.41) is 9.08. The summed E-state index contributed by atoms with van der Waals surface area (Å²) in [4.78, 5) is 14.2. The molecule has 1 heterocycles. The molecule has 0 atom stereocenters. The first-order valence-corrected chi connectivity index (χ1v) is 6.83. The van der Waals surface area contributed by atoms with Crippen molar-refractivity contribution in [3.8, 4) is 17.2 Å². The van der Waals surface area contributed by atoms with Crippen molar-refractivity contribution in [3.63, 3.8) is 0 Å². The molecule has 108 valence electrons. The van der Waals surface area contributed by atoms with Crippen molar-refractivity contribution >= 4 is 22.6 Å². The number of halogens is 4. The van der Waals surface area contributed by atoms with Crippen LogP contribution in [-0.2, 0) is 6.18 Å². The van der Waals surface area contributed by atoms with E-state index in [0.717, 1.165) is 6.07 Å². The van der Waals surface area contributed by atoms with Gasteiger partial charge >= 0.3 is 6.18 Å². The number of nitrogens with zero attached hydrogens (tertiary/aromatic N) is 1. The molecule has 0 aliphatic rings. The molecule has 0 unspecified atom stereocenters. The molecule has 0 amide bonds. The quantitative estimate of drug-likeness (QED) is 0.735. The molecule has 0 radical (unpaired) electrons. The standard InChI is InChI=1S/C14H8F3IN2O/c1-7-5-9(10(6-19)13(21)20-7)8-3-2-4-11(12(8)18)14(15,16)17/h2-5H,1H3,(H,20,21). The van der Waals surface area contributed by atoms with Crippen molar-refractivity contribution < 1.29 is 13.2 Å². The molecule has 2 rings (SSSR count). The predicted molar refractivity (Wildman–Crippen MR) is 79.7 cm³/mol. The van der Waals surface area contributed by atoms with Crippen LogP contribution in [0.4, 0.5) is 13.2 Å². The molecule has 1 aromatic carbocycles. The first-order valence-electron chi connectivity index (χ1n) is 5.76. The smallest absolute Gasteiger partial charge is 0.325 e. The fraction of sp³-hybridized carbons (Fsp3) is 0.143. The molecule has 0 aliphatic heterocycles.